The van der Waals surface area contributed by atoms with E-state index in [2.05, 4.69) is 72.8 Å². The van der Waals surface area contributed by atoms with Crippen molar-refractivity contribution >= 4 is 22.6 Å². The molecular formula is C16H17IO. The monoisotopic (exact) mass is 352 g/mol. The summed E-state index contributed by atoms with van der Waals surface area (Å²) in [5, 5.41) is 0. The van der Waals surface area contributed by atoms with Gasteiger partial charge in [0.1, 0.15) is 5.76 Å². The van der Waals surface area contributed by atoms with Gasteiger partial charge in [-0.3, -0.25) is 0 Å². The molecule has 1 nitrogen and oxygen atoms in total. The van der Waals surface area contributed by atoms with Gasteiger partial charge in [-0.15, -0.1) is 0 Å². The lowest BCUT2D eigenvalue weighted by atomic mass is 10.0. The molecule has 0 saturated heterocycles. The lowest BCUT2D eigenvalue weighted by Crippen LogP contribution is -1.90. The SMILES string of the molecule is CC(C)=CCc1oc(I)cc1Cc1ccccc1. The largest absolute Gasteiger partial charge is 0.455 e. The van der Waals surface area contributed by atoms with Crippen molar-refractivity contribution in [1.29, 1.82) is 0 Å². The standard InChI is InChI=1S/C16H17IO/c1-12(2)8-9-15-14(11-16(17)18-15)10-13-6-4-3-5-7-13/h3-8,11H,9-10H2,1-2H3. The Hall–Kier alpha value is -1.03. The van der Waals surface area contributed by atoms with Gasteiger partial charge in [-0.1, -0.05) is 42.0 Å². The normalized spacial score (nSPS) is 10.4. The molecule has 94 valence electrons. The number of benzene rings is 1. The highest BCUT2D eigenvalue weighted by Gasteiger charge is 2.09. The second kappa shape index (κ2) is 6.23. The zero-order chi connectivity index (χ0) is 13.0. The molecule has 0 N–H and O–H groups in total. The van der Waals surface area contributed by atoms with Crippen LogP contribution in [0.15, 0.2) is 52.5 Å². The maximum absolute atomic E-state index is 5.78. The first kappa shape index (κ1) is 13.4. The molecule has 0 aliphatic rings. The van der Waals surface area contributed by atoms with Crippen molar-refractivity contribution in [2.45, 2.75) is 26.7 Å². The fourth-order valence-electron chi connectivity index (χ4n) is 1.87. The Labute approximate surface area is 122 Å². The van der Waals surface area contributed by atoms with E-state index >= 15 is 0 Å². The van der Waals surface area contributed by atoms with Gasteiger partial charge in [-0.2, -0.15) is 0 Å². The first-order valence-corrected chi connectivity index (χ1v) is 7.17. The van der Waals surface area contributed by atoms with Crippen LogP contribution in [0.1, 0.15) is 30.7 Å². The van der Waals surface area contributed by atoms with Crippen LogP contribution in [0.25, 0.3) is 0 Å². The number of furan rings is 1. The van der Waals surface area contributed by atoms with Crippen molar-refractivity contribution in [1.82, 2.24) is 0 Å². The molecule has 0 unspecified atom stereocenters. The van der Waals surface area contributed by atoms with Gasteiger partial charge in [0.2, 0.25) is 0 Å². The molecule has 2 aromatic rings. The molecule has 0 aliphatic carbocycles. The molecule has 0 bridgehead atoms. The van der Waals surface area contributed by atoms with Crippen molar-refractivity contribution in [2.75, 3.05) is 0 Å². The third-order valence-electron chi connectivity index (χ3n) is 2.80. The Bertz CT molecular complexity index is 533. The van der Waals surface area contributed by atoms with Crippen molar-refractivity contribution in [3.05, 3.63) is 68.7 Å². The molecule has 0 amide bonds. The summed E-state index contributed by atoms with van der Waals surface area (Å²) in [6.45, 7) is 4.23. The molecule has 0 fully saturated rings. The summed E-state index contributed by atoms with van der Waals surface area (Å²) in [4.78, 5) is 0. The maximum Gasteiger partial charge on any atom is 0.164 e. The van der Waals surface area contributed by atoms with E-state index in [1.54, 1.807) is 0 Å². The predicted molar refractivity (Wildman–Crippen MR) is 83.8 cm³/mol. The molecule has 1 aromatic heterocycles. The zero-order valence-electron chi connectivity index (χ0n) is 10.7. The number of hydrogen-bond donors (Lipinski definition) is 0. The number of allylic oxidation sites excluding steroid dienone is 2. The van der Waals surface area contributed by atoms with Crippen LogP contribution in [0.4, 0.5) is 0 Å². The molecule has 2 heteroatoms. The van der Waals surface area contributed by atoms with E-state index < -0.39 is 0 Å². The molecular weight excluding hydrogens is 335 g/mol. The molecule has 0 saturated carbocycles. The van der Waals surface area contributed by atoms with E-state index in [1.807, 2.05) is 6.07 Å². The molecule has 0 aliphatic heterocycles. The minimum absolute atomic E-state index is 0.882. The fraction of sp³-hybridized carbons (Fsp3) is 0.250. The minimum Gasteiger partial charge on any atom is -0.455 e. The van der Waals surface area contributed by atoms with E-state index in [9.17, 15) is 0 Å². The first-order valence-electron chi connectivity index (χ1n) is 6.09. The second-order valence-electron chi connectivity index (χ2n) is 4.65. The number of halogens is 1. The van der Waals surface area contributed by atoms with E-state index in [-0.39, 0.29) is 0 Å². The fourth-order valence-corrected chi connectivity index (χ4v) is 2.51. The molecule has 0 radical (unpaired) electrons. The highest BCUT2D eigenvalue weighted by atomic mass is 127. The summed E-state index contributed by atoms with van der Waals surface area (Å²) < 4.78 is 6.75. The van der Waals surface area contributed by atoms with Crippen LogP contribution in [-0.2, 0) is 12.8 Å². The molecule has 1 aromatic carbocycles. The van der Waals surface area contributed by atoms with Gasteiger partial charge in [-0.05, 0) is 53.6 Å². The molecule has 0 atom stereocenters. The van der Waals surface area contributed by atoms with Crippen LogP contribution in [0, 0.1) is 3.77 Å². The molecule has 18 heavy (non-hydrogen) atoms. The summed E-state index contributed by atoms with van der Waals surface area (Å²) in [6.07, 6.45) is 4.04. The van der Waals surface area contributed by atoms with Gasteiger partial charge < -0.3 is 4.42 Å². The zero-order valence-corrected chi connectivity index (χ0v) is 12.9. The summed E-state index contributed by atoms with van der Waals surface area (Å²) >= 11 is 2.24. The Kier molecular flexibility index (Phi) is 4.64. The molecule has 2 rings (SSSR count). The molecule has 1 heterocycles. The van der Waals surface area contributed by atoms with Crippen LogP contribution in [0.5, 0.6) is 0 Å². The quantitative estimate of drug-likeness (QED) is 0.559. The van der Waals surface area contributed by atoms with Gasteiger partial charge >= 0.3 is 0 Å². The van der Waals surface area contributed by atoms with Gasteiger partial charge in [0.05, 0.1) is 0 Å². The highest BCUT2D eigenvalue weighted by Crippen LogP contribution is 2.21. The Morgan fingerprint density at radius 1 is 1.22 bits per heavy atom. The van der Waals surface area contributed by atoms with Crippen LogP contribution >= 0.6 is 22.6 Å². The first-order chi connectivity index (χ1) is 8.65. The van der Waals surface area contributed by atoms with Crippen molar-refractivity contribution in [3.8, 4) is 0 Å². The van der Waals surface area contributed by atoms with E-state index in [1.165, 1.54) is 16.7 Å². The summed E-state index contributed by atoms with van der Waals surface area (Å²) in [7, 11) is 0. The predicted octanol–water partition coefficient (Wildman–Crippen LogP) is 4.98. The van der Waals surface area contributed by atoms with Crippen LogP contribution in [0.2, 0.25) is 0 Å². The Morgan fingerprint density at radius 2 is 1.94 bits per heavy atom. The lowest BCUT2D eigenvalue weighted by molar-refractivity contribution is 0.494. The van der Waals surface area contributed by atoms with Crippen LogP contribution in [-0.4, -0.2) is 0 Å². The topological polar surface area (TPSA) is 13.1 Å². The van der Waals surface area contributed by atoms with Gasteiger partial charge in [0.25, 0.3) is 0 Å². The average Bonchev–Trinajstić information content (AvgIpc) is 2.68. The minimum atomic E-state index is 0.882. The number of rotatable bonds is 4. The third kappa shape index (κ3) is 3.73. The van der Waals surface area contributed by atoms with E-state index in [4.69, 9.17) is 4.42 Å². The van der Waals surface area contributed by atoms with E-state index in [0.717, 1.165) is 22.4 Å². The maximum atomic E-state index is 5.78. The van der Waals surface area contributed by atoms with Crippen molar-refractivity contribution in [3.63, 3.8) is 0 Å². The third-order valence-corrected chi connectivity index (χ3v) is 3.33. The Morgan fingerprint density at radius 3 is 2.61 bits per heavy atom. The average molecular weight is 352 g/mol. The Balaban J connectivity index is 2.20. The van der Waals surface area contributed by atoms with Gasteiger partial charge in [0.15, 0.2) is 3.77 Å². The summed E-state index contributed by atoms with van der Waals surface area (Å²) in [6, 6.07) is 12.7. The van der Waals surface area contributed by atoms with Crippen LogP contribution in [0.3, 0.4) is 0 Å². The van der Waals surface area contributed by atoms with Crippen molar-refractivity contribution < 1.29 is 4.42 Å². The smallest absolute Gasteiger partial charge is 0.164 e. The molecule has 0 spiro atoms. The lowest BCUT2D eigenvalue weighted by Gasteiger charge is -2.01. The van der Waals surface area contributed by atoms with Crippen molar-refractivity contribution in [2.24, 2.45) is 0 Å². The second-order valence-corrected chi connectivity index (χ2v) is 5.71. The highest BCUT2D eigenvalue weighted by molar-refractivity contribution is 14.1. The number of hydrogen-bond acceptors (Lipinski definition) is 1. The summed E-state index contributed by atoms with van der Waals surface area (Å²) in [5.74, 6) is 1.09. The van der Waals surface area contributed by atoms with Gasteiger partial charge in [0, 0.05) is 12.8 Å². The van der Waals surface area contributed by atoms with E-state index in [0.29, 0.717) is 0 Å². The van der Waals surface area contributed by atoms with Gasteiger partial charge in [-0.25, -0.2) is 0 Å². The van der Waals surface area contributed by atoms with Crippen LogP contribution < -0.4 is 0 Å². The summed E-state index contributed by atoms with van der Waals surface area (Å²) in [5.41, 5.74) is 3.95.